The van der Waals surface area contributed by atoms with Crippen LogP contribution in [0.2, 0.25) is 0 Å². The minimum atomic E-state index is -0.442. The summed E-state index contributed by atoms with van der Waals surface area (Å²) < 4.78 is 17.7. The number of hydrogen-bond acceptors (Lipinski definition) is 3. The van der Waals surface area contributed by atoms with Gasteiger partial charge in [0.15, 0.2) is 0 Å². The van der Waals surface area contributed by atoms with Gasteiger partial charge in [-0.3, -0.25) is 0 Å². The summed E-state index contributed by atoms with van der Waals surface area (Å²) in [5.74, 6) is -0.407. The summed E-state index contributed by atoms with van der Waals surface area (Å²) in [6.07, 6.45) is 0. The van der Waals surface area contributed by atoms with Crippen LogP contribution in [0.3, 0.4) is 0 Å². The van der Waals surface area contributed by atoms with E-state index >= 15 is 0 Å². The molecule has 0 aliphatic carbocycles. The summed E-state index contributed by atoms with van der Waals surface area (Å²) in [5.41, 5.74) is 5.83. The molecule has 1 aromatic rings. The third-order valence-electron chi connectivity index (χ3n) is 2.07. The third-order valence-corrected chi connectivity index (χ3v) is 2.07. The molecule has 0 heterocycles. The summed E-state index contributed by atoms with van der Waals surface area (Å²) >= 11 is 0. The van der Waals surface area contributed by atoms with Crippen molar-refractivity contribution in [1.29, 1.82) is 0 Å². The Morgan fingerprint density at radius 1 is 1.59 bits per heavy atom. The molecule has 0 bridgehead atoms. The number of rotatable bonds is 5. The molecule has 0 fully saturated rings. The Kier molecular flexibility index (Phi) is 5.38. The Morgan fingerprint density at radius 3 is 2.94 bits per heavy atom. The molecule has 0 saturated heterocycles. The second kappa shape index (κ2) is 6.82. The molecular formula is C11H16FN3O2. The van der Waals surface area contributed by atoms with Crippen molar-refractivity contribution in [3.8, 4) is 0 Å². The Hall–Kier alpha value is -1.66. The van der Waals surface area contributed by atoms with Gasteiger partial charge in [-0.05, 0) is 18.2 Å². The lowest BCUT2D eigenvalue weighted by molar-refractivity contribution is 0.169. The molecule has 6 heteroatoms. The number of ether oxygens (including phenoxy) is 1. The van der Waals surface area contributed by atoms with Crippen LogP contribution in [-0.4, -0.2) is 32.3 Å². The first-order chi connectivity index (χ1) is 8.15. The second-order valence-corrected chi connectivity index (χ2v) is 3.50. The normalized spacial score (nSPS) is 11.9. The molecule has 1 atom stereocenters. The molecule has 2 amide bonds. The molecule has 17 heavy (non-hydrogen) atoms. The van der Waals surface area contributed by atoms with E-state index in [9.17, 15) is 9.18 Å². The SMILES string of the molecule is COCC(CN)NC(=O)Nc1cccc(F)c1. The van der Waals surface area contributed by atoms with Crippen LogP contribution in [-0.2, 0) is 4.74 Å². The number of amides is 2. The van der Waals surface area contributed by atoms with Gasteiger partial charge in [-0.1, -0.05) is 6.07 Å². The minimum absolute atomic E-state index is 0.268. The zero-order valence-corrected chi connectivity index (χ0v) is 9.57. The van der Waals surface area contributed by atoms with Crippen LogP contribution in [0, 0.1) is 5.82 Å². The molecule has 1 unspecified atom stereocenters. The van der Waals surface area contributed by atoms with Crippen LogP contribution in [0.25, 0.3) is 0 Å². The quantitative estimate of drug-likeness (QED) is 0.717. The van der Waals surface area contributed by atoms with Crippen LogP contribution in [0.15, 0.2) is 24.3 Å². The predicted octanol–water partition coefficient (Wildman–Crippen LogP) is 0.921. The van der Waals surface area contributed by atoms with E-state index in [4.69, 9.17) is 10.5 Å². The average Bonchev–Trinajstić information content (AvgIpc) is 2.28. The van der Waals surface area contributed by atoms with E-state index in [1.807, 2.05) is 0 Å². The number of nitrogens with one attached hydrogen (secondary N) is 2. The maximum Gasteiger partial charge on any atom is 0.319 e. The van der Waals surface area contributed by atoms with Crippen LogP contribution in [0.4, 0.5) is 14.9 Å². The van der Waals surface area contributed by atoms with Gasteiger partial charge in [0.1, 0.15) is 5.82 Å². The molecule has 1 aromatic carbocycles. The van der Waals surface area contributed by atoms with Gasteiger partial charge in [-0.2, -0.15) is 0 Å². The number of urea groups is 1. The van der Waals surface area contributed by atoms with Crippen LogP contribution < -0.4 is 16.4 Å². The largest absolute Gasteiger partial charge is 0.383 e. The fraction of sp³-hybridized carbons (Fsp3) is 0.364. The van der Waals surface area contributed by atoms with Crippen molar-refractivity contribution in [2.75, 3.05) is 25.6 Å². The van der Waals surface area contributed by atoms with Gasteiger partial charge in [0.2, 0.25) is 0 Å². The average molecular weight is 241 g/mol. The van der Waals surface area contributed by atoms with Gasteiger partial charge in [-0.15, -0.1) is 0 Å². The molecule has 5 nitrogen and oxygen atoms in total. The number of halogens is 1. The summed E-state index contributed by atoms with van der Waals surface area (Å²) in [6, 6.07) is 4.93. The monoisotopic (exact) mass is 241 g/mol. The molecule has 0 radical (unpaired) electrons. The zero-order valence-electron chi connectivity index (χ0n) is 9.57. The maximum absolute atomic E-state index is 12.9. The molecule has 0 saturated carbocycles. The lowest BCUT2D eigenvalue weighted by Crippen LogP contribution is -2.45. The number of carbonyl (C=O) groups is 1. The Labute approximate surface area is 99.1 Å². The van der Waals surface area contributed by atoms with Gasteiger partial charge >= 0.3 is 6.03 Å². The number of methoxy groups -OCH3 is 1. The molecule has 0 spiro atoms. The molecule has 94 valence electrons. The number of benzene rings is 1. The lowest BCUT2D eigenvalue weighted by Gasteiger charge is -2.16. The third kappa shape index (κ3) is 4.80. The minimum Gasteiger partial charge on any atom is -0.383 e. The maximum atomic E-state index is 12.9. The summed E-state index contributed by atoms with van der Waals surface area (Å²) in [4.78, 5) is 11.5. The molecule has 0 aliphatic heterocycles. The van der Waals surface area contributed by atoms with E-state index in [1.165, 1.54) is 25.3 Å². The lowest BCUT2D eigenvalue weighted by atomic mass is 10.3. The van der Waals surface area contributed by atoms with Crippen LogP contribution in [0.1, 0.15) is 0 Å². The van der Waals surface area contributed by atoms with Crippen molar-refractivity contribution >= 4 is 11.7 Å². The topological polar surface area (TPSA) is 76.4 Å². The highest BCUT2D eigenvalue weighted by molar-refractivity contribution is 5.89. The van der Waals surface area contributed by atoms with E-state index in [0.29, 0.717) is 12.3 Å². The van der Waals surface area contributed by atoms with Crippen molar-refractivity contribution in [2.24, 2.45) is 5.73 Å². The van der Waals surface area contributed by atoms with Crippen molar-refractivity contribution in [1.82, 2.24) is 5.32 Å². The van der Waals surface area contributed by atoms with Gasteiger partial charge in [0.25, 0.3) is 0 Å². The molecule has 0 aromatic heterocycles. The van der Waals surface area contributed by atoms with Crippen molar-refractivity contribution < 1.29 is 13.9 Å². The van der Waals surface area contributed by atoms with Crippen LogP contribution >= 0.6 is 0 Å². The van der Waals surface area contributed by atoms with E-state index in [-0.39, 0.29) is 12.6 Å². The standard InChI is InChI=1S/C11H16FN3O2/c1-17-7-10(6-13)15-11(16)14-9-4-2-3-8(12)5-9/h2-5,10H,6-7,13H2,1H3,(H2,14,15,16). The number of hydrogen-bond donors (Lipinski definition) is 3. The van der Waals surface area contributed by atoms with Crippen molar-refractivity contribution in [2.45, 2.75) is 6.04 Å². The van der Waals surface area contributed by atoms with E-state index in [2.05, 4.69) is 10.6 Å². The highest BCUT2D eigenvalue weighted by atomic mass is 19.1. The smallest absolute Gasteiger partial charge is 0.319 e. The first-order valence-electron chi connectivity index (χ1n) is 5.17. The van der Waals surface area contributed by atoms with Crippen molar-refractivity contribution in [3.63, 3.8) is 0 Å². The fourth-order valence-corrected chi connectivity index (χ4v) is 1.29. The van der Waals surface area contributed by atoms with E-state index in [1.54, 1.807) is 6.07 Å². The first-order valence-corrected chi connectivity index (χ1v) is 5.17. The Morgan fingerprint density at radius 2 is 2.35 bits per heavy atom. The van der Waals surface area contributed by atoms with Gasteiger partial charge in [-0.25, -0.2) is 9.18 Å². The fourth-order valence-electron chi connectivity index (χ4n) is 1.29. The first kappa shape index (κ1) is 13.4. The Balaban J connectivity index is 2.49. The number of nitrogens with two attached hydrogens (primary N) is 1. The number of carbonyl (C=O) groups excluding carboxylic acids is 1. The summed E-state index contributed by atoms with van der Waals surface area (Å²) in [5, 5.41) is 5.12. The highest BCUT2D eigenvalue weighted by Crippen LogP contribution is 2.08. The van der Waals surface area contributed by atoms with Gasteiger partial charge < -0.3 is 21.1 Å². The highest BCUT2D eigenvalue weighted by Gasteiger charge is 2.10. The molecule has 1 rings (SSSR count). The zero-order chi connectivity index (χ0) is 12.7. The molecular weight excluding hydrogens is 225 g/mol. The van der Waals surface area contributed by atoms with Gasteiger partial charge in [0.05, 0.1) is 12.6 Å². The molecule has 4 N–H and O–H groups in total. The van der Waals surface area contributed by atoms with Crippen molar-refractivity contribution in [3.05, 3.63) is 30.1 Å². The van der Waals surface area contributed by atoms with E-state index in [0.717, 1.165) is 0 Å². The second-order valence-electron chi connectivity index (χ2n) is 3.50. The Bertz CT molecular complexity index is 373. The van der Waals surface area contributed by atoms with E-state index < -0.39 is 11.8 Å². The summed E-state index contributed by atoms with van der Waals surface area (Å²) in [7, 11) is 1.52. The van der Waals surface area contributed by atoms with Crippen LogP contribution in [0.5, 0.6) is 0 Å². The molecule has 0 aliphatic rings. The van der Waals surface area contributed by atoms with Gasteiger partial charge in [0, 0.05) is 19.3 Å². The predicted molar refractivity (Wildman–Crippen MR) is 63.3 cm³/mol. The summed E-state index contributed by atoms with van der Waals surface area (Å²) in [6.45, 7) is 0.595. The number of anilines is 1.